The lowest BCUT2D eigenvalue weighted by Crippen LogP contribution is -2.31. The van der Waals surface area contributed by atoms with E-state index < -0.39 is 10.0 Å². The third kappa shape index (κ3) is 3.93. The quantitative estimate of drug-likeness (QED) is 0.834. The van der Waals surface area contributed by atoms with Gasteiger partial charge in [0.1, 0.15) is 0 Å². The summed E-state index contributed by atoms with van der Waals surface area (Å²) in [4.78, 5) is 0.181. The third-order valence-electron chi connectivity index (χ3n) is 3.23. The minimum Gasteiger partial charge on any atom is -0.377 e. The first kappa shape index (κ1) is 15.7. The summed E-state index contributed by atoms with van der Waals surface area (Å²) in [6.07, 6.45) is 1.85. The third-order valence-corrected chi connectivity index (χ3v) is 5.00. The summed E-state index contributed by atoms with van der Waals surface area (Å²) < 4.78 is 32.3. The first-order valence-corrected chi connectivity index (χ1v) is 8.43. The Labute approximate surface area is 124 Å². The van der Waals surface area contributed by atoms with Crippen LogP contribution < -0.4 is 10.0 Å². The van der Waals surface area contributed by atoms with Crippen molar-refractivity contribution in [3.05, 3.63) is 28.8 Å². The molecule has 1 aromatic carbocycles. The van der Waals surface area contributed by atoms with E-state index in [1.807, 2.05) is 7.05 Å². The smallest absolute Gasteiger partial charge is 0.240 e. The molecule has 0 bridgehead atoms. The molecule has 1 aromatic rings. The van der Waals surface area contributed by atoms with Gasteiger partial charge >= 0.3 is 0 Å². The Balaban J connectivity index is 2.06. The summed E-state index contributed by atoms with van der Waals surface area (Å²) in [5.74, 6) is 0. The van der Waals surface area contributed by atoms with E-state index in [2.05, 4.69) is 10.0 Å². The number of nitrogens with one attached hydrogen (secondary N) is 2. The molecule has 1 heterocycles. The molecule has 7 heteroatoms. The second-order valence-electron chi connectivity index (χ2n) is 4.77. The van der Waals surface area contributed by atoms with Crippen molar-refractivity contribution >= 4 is 21.6 Å². The van der Waals surface area contributed by atoms with E-state index >= 15 is 0 Å². The van der Waals surface area contributed by atoms with Gasteiger partial charge in [-0.2, -0.15) is 0 Å². The number of sulfonamides is 1. The molecule has 5 nitrogen and oxygen atoms in total. The van der Waals surface area contributed by atoms with Crippen molar-refractivity contribution < 1.29 is 13.2 Å². The second kappa shape index (κ2) is 6.87. The van der Waals surface area contributed by atoms with E-state index in [9.17, 15) is 8.42 Å². The molecule has 1 fully saturated rings. The molecule has 2 N–H and O–H groups in total. The SMILES string of the molecule is CNCc1ccc(S(=O)(=O)NCC2CCCO2)cc1Cl. The van der Waals surface area contributed by atoms with Gasteiger partial charge in [0.25, 0.3) is 0 Å². The average Bonchev–Trinajstić information content (AvgIpc) is 2.92. The van der Waals surface area contributed by atoms with Crippen LogP contribution in [-0.4, -0.2) is 34.7 Å². The molecule has 0 amide bonds. The van der Waals surface area contributed by atoms with Crippen LogP contribution in [0.3, 0.4) is 0 Å². The maximum atomic E-state index is 12.2. The molecule has 1 aliphatic heterocycles. The summed E-state index contributed by atoms with van der Waals surface area (Å²) in [6, 6.07) is 4.77. The number of hydrogen-bond acceptors (Lipinski definition) is 4. The lowest BCUT2D eigenvalue weighted by molar-refractivity contribution is 0.114. The minimum atomic E-state index is -3.54. The molecule has 1 atom stereocenters. The number of halogens is 1. The van der Waals surface area contributed by atoms with Crippen LogP contribution in [0.15, 0.2) is 23.1 Å². The van der Waals surface area contributed by atoms with Crippen LogP contribution >= 0.6 is 11.6 Å². The van der Waals surface area contributed by atoms with Crippen molar-refractivity contribution in [2.75, 3.05) is 20.2 Å². The standard InChI is InChI=1S/C13H19ClN2O3S/c1-15-8-10-4-5-12(7-13(10)14)20(17,18)16-9-11-3-2-6-19-11/h4-5,7,11,15-16H,2-3,6,8-9H2,1H3. The van der Waals surface area contributed by atoms with Crippen LogP contribution in [0.1, 0.15) is 18.4 Å². The van der Waals surface area contributed by atoms with Crippen LogP contribution in [0.5, 0.6) is 0 Å². The van der Waals surface area contributed by atoms with E-state index in [0.717, 1.165) is 18.4 Å². The topological polar surface area (TPSA) is 67.4 Å². The lowest BCUT2D eigenvalue weighted by Gasteiger charge is -2.12. The summed E-state index contributed by atoms with van der Waals surface area (Å²) in [5, 5.41) is 3.42. The Morgan fingerprint density at radius 3 is 2.85 bits per heavy atom. The first-order chi connectivity index (χ1) is 9.53. The molecular formula is C13H19ClN2O3S. The van der Waals surface area contributed by atoms with Crippen molar-refractivity contribution in [2.45, 2.75) is 30.4 Å². The predicted molar refractivity (Wildman–Crippen MR) is 78.4 cm³/mol. The van der Waals surface area contributed by atoms with Gasteiger partial charge in [-0.25, -0.2) is 13.1 Å². The maximum Gasteiger partial charge on any atom is 0.240 e. The highest BCUT2D eigenvalue weighted by Crippen LogP contribution is 2.21. The molecule has 0 saturated carbocycles. The van der Waals surface area contributed by atoms with Crippen LogP contribution in [-0.2, 0) is 21.3 Å². The van der Waals surface area contributed by atoms with Crippen LogP contribution in [0.2, 0.25) is 5.02 Å². The average molecular weight is 319 g/mol. The van der Waals surface area contributed by atoms with Crippen LogP contribution in [0.4, 0.5) is 0 Å². The van der Waals surface area contributed by atoms with Gasteiger partial charge in [0.15, 0.2) is 0 Å². The van der Waals surface area contributed by atoms with Crippen molar-refractivity contribution in [3.63, 3.8) is 0 Å². The van der Waals surface area contributed by atoms with Gasteiger partial charge in [0.05, 0.1) is 11.0 Å². The highest BCUT2D eigenvalue weighted by Gasteiger charge is 2.20. The van der Waals surface area contributed by atoms with E-state index in [-0.39, 0.29) is 11.0 Å². The van der Waals surface area contributed by atoms with Crippen molar-refractivity contribution in [1.82, 2.24) is 10.0 Å². The maximum absolute atomic E-state index is 12.2. The van der Waals surface area contributed by atoms with E-state index in [4.69, 9.17) is 16.3 Å². The van der Waals surface area contributed by atoms with E-state index in [1.165, 1.54) is 6.07 Å². The molecule has 20 heavy (non-hydrogen) atoms. The van der Waals surface area contributed by atoms with Gasteiger partial charge in [-0.15, -0.1) is 0 Å². The van der Waals surface area contributed by atoms with Gasteiger partial charge in [0.2, 0.25) is 10.0 Å². The monoisotopic (exact) mass is 318 g/mol. The highest BCUT2D eigenvalue weighted by molar-refractivity contribution is 7.89. The zero-order chi connectivity index (χ0) is 14.6. The molecule has 0 aliphatic carbocycles. The Kier molecular flexibility index (Phi) is 5.40. The zero-order valence-electron chi connectivity index (χ0n) is 11.4. The normalized spacial score (nSPS) is 19.4. The van der Waals surface area contributed by atoms with Gasteiger partial charge in [-0.3, -0.25) is 0 Å². The molecule has 112 valence electrons. The summed E-state index contributed by atoms with van der Waals surface area (Å²) >= 11 is 6.08. The molecular weight excluding hydrogens is 300 g/mol. The van der Waals surface area contributed by atoms with Crippen LogP contribution in [0, 0.1) is 0 Å². The molecule has 0 spiro atoms. The Hall–Kier alpha value is -0.660. The van der Waals surface area contributed by atoms with E-state index in [0.29, 0.717) is 24.7 Å². The van der Waals surface area contributed by atoms with Crippen LogP contribution in [0.25, 0.3) is 0 Å². The van der Waals surface area contributed by atoms with Gasteiger partial charge in [0, 0.05) is 24.7 Å². The fourth-order valence-electron chi connectivity index (χ4n) is 2.12. The lowest BCUT2D eigenvalue weighted by atomic mass is 10.2. The fourth-order valence-corrected chi connectivity index (χ4v) is 3.52. The number of rotatable bonds is 6. The highest BCUT2D eigenvalue weighted by atomic mass is 35.5. The second-order valence-corrected chi connectivity index (χ2v) is 6.94. The largest absolute Gasteiger partial charge is 0.377 e. The zero-order valence-corrected chi connectivity index (χ0v) is 12.9. The molecule has 1 aliphatic rings. The van der Waals surface area contributed by atoms with E-state index in [1.54, 1.807) is 12.1 Å². The number of hydrogen-bond donors (Lipinski definition) is 2. The Morgan fingerprint density at radius 2 is 2.25 bits per heavy atom. The van der Waals surface area contributed by atoms with Gasteiger partial charge in [-0.1, -0.05) is 17.7 Å². The summed E-state index contributed by atoms with van der Waals surface area (Å²) in [7, 11) is -1.73. The molecule has 1 saturated heterocycles. The van der Waals surface area contributed by atoms with Gasteiger partial charge < -0.3 is 10.1 Å². The predicted octanol–water partition coefficient (Wildman–Crippen LogP) is 1.52. The minimum absolute atomic E-state index is 0.0242. The number of benzene rings is 1. The summed E-state index contributed by atoms with van der Waals surface area (Å²) in [5.41, 5.74) is 0.868. The molecule has 1 unspecified atom stereocenters. The number of ether oxygens (including phenoxy) is 1. The molecule has 0 aromatic heterocycles. The Morgan fingerprint density at radius 1 is 1.45 bits per heavy atom. The van der Waals surface area contributed by atoms with Crippen molar-refractivity contribution in [1.29, 1.82) is 0 Å². The van der Waals surface area contributed by atoms with Crippen molar-refractivity contribution in [2.24, 2.45) is 0 Å². The van der Waals surface area contributed by atoms with Crippen molar-refractivity contribution in [3.8, 4) is 0 Å². The summed E-state index contributed by atoms with van der Waals surface area (Å²) in [6.45, 7) is 1.61. The Bertz CT molecular complexity index is 557. The molecule has 0 radical (unpaired) electrons. The first-order valence-electron chi connectivity index (χ1n) is 6.57. The van der Waals surface area contributed by atoms with Gasteiger partial charge in [-0.05, 0) is 37.6 Å². The molecule has 2 rings (SSSR count). The fraction of sp³-hybridized carbons (Fsp3) is 0.538.